The van der Waals surface area contributed by atoms with Crippen molar-refractivity contribution in [3.8, 4) is 0 Å². The molecule has 0 aromatic heterocycles. The van der Waals surface area contributed by atoms with Crippen LogP contribution in [-0.4, -0.2) is 17.5 Å². The lowest BCUT2D eigenvalue weighted by Crippen LogP contribution is -2.14. The van der Waals surface area contributed by atoms with Crippen LogP contribution >= 0.6 is 35.0 Å². The van der Waals surface area contributed by atoms with Crippen LogP contribution in [0.5, 0.6) is 0 Å². The van der Waals surface area contributed by atoms with E-state index in [9.17, 15) is 4.39 Å². The SMILES string of the molecule is Fc1cc(Cl)c(NC2=NCCCS2)c(Cl)c1. The van der Waals surface area contributed by atoms with E-state index < -0.39 is 5.82 Å². The van der Waals surface area contributed by atoms with Gasteiger partial charge in [-0.05, 0) is 18.6 Å². The van der Waals surface area contributed by atoms with Crippen molar-refractivity contribution in [3.63, 3.8) is 0 Å². The van der Waals surface area contributed by atoms with Crippen molar-refractivity contribution in [3.05, 3.63) is 28.0 Å². The van der Waals surface area contributed by atoms with Crippen molar-refractivity contribution in [1.82, 2.24) is 0 Å². The predicted molar refractivity (Wildman–Crippen MR) is 69.4 cm³/mol. The average Bonchev–Trinajstić information content (AvgIpc) is 2.25. The zero-order chi connectivity index (χ0) is 11.5. The first-order valence-corrected chi connectivity index (χ1v) is 6.50. The number of halogens is 3. The lowest BCUT2D eigenvalue weighted by Gasteiger charge is -2.15. The molecule has 1 aromatic rings. The third-order valence-electron chi connectivity index (χ3n) is 2.04. The molecule has 0 unspecified atom stereocenters. The Labute approximate surface area is 107 Å². The molecule has 0 bridgehead atoms. The minimum atomic E-state index is -0.446. The molecule has 0 saturated heterocycles. The van der Waals surface area contributed by atoms with Gasteiger partial charge in [-0.2, -0.15) is 0 Å². The molecule has 2 rings (SSSR count). The number of amidine groups is 1. The molecule has 1 heterocycles. The average molecular weight is 279 g/mol. The molecule has 1 N–H and O–H groups in total. The van der Waals surface area contributed by atoms with Crippen molar-refractivity contribution in [2.75, 3.05) is 17.6 Å². The van der Waals surface area contributed by atoms with E-state index in [1.807, 2.05) is 0 Å². The number of anilines is 1. The normalized spacial score (nSPS) is 15.8. The van der Waals surface area contributed by atoms with Crippen molar-refractivity contribution < 1.29 is 4.39 Å². The van der Waals surface area contributed by atoms with Crippen molar-refractivity contribution in [2.24, 2.45) is 4.99 Å². The molecule has 1 aliphatic rings. The Balaban J connectivity index is 2.24. The predicted octanol–water partition coefficient (Wildman–Crippen LogP) is 4.04. The van der Waals surface area contributed by atoms with Gasteiger partial charge in [0.05, 0.1) is 15.7 Å². The van der Waals surface area contributed by atoms with Gasteiger partial charge in [-0.1, -0.05) is 35.0 Å². The van der Waals surface area contributed by atoms with E-state index in [1.54, 1.807) is 11.8 Å². The molecule has 2 nitrogen and oxygen atoms in total. The summed E-state index contributed by atoms with van der Waals surface area (Å²) in [4.78, 5) is 4.29. The highest BCUT2D eigenvalue weighted by molar-refractivity contribution is 8.14. The molecule has 0 fully saturated rings. The summed E-state index contributed by atoms with van der Waals surface area (Å²) in [6.07, 6.45) is 1.07. The molecule has 0 radical (unpaired) electrons. The summed E-state index contributed by atoms with van der Waals surface area (Å²) >= 11 is 13.4. The fourth-order valence-corrected chi connectivity index (χ4v) is 2.68. The van der Waals surface area contributed by atoms with Crippen LogP contribution in [0.3, 0.4) is 0 Å². The molecule has 16 heavy (non-hydrogen) atoms. The van der Waals surface area contributed by atoms with Gasteiger partial charge in [0.15, 0.2) is 5.17 Å². The Morgan fingerprint density at radius 3 is 2.56 bits per heavy atom. The maximum atomic E-state index is 13.0. The minimum absolute atomic E-state index is 0.263. The van der Waals surface area contributed by atoms with Crippen molar-refractivity contribution in [2.45, 2.75) is 6.42 Å². The van der Waals surface area contributed by atoms with Crippen LogP contribution in [0.15, 0.2) is 17.1 Å². The highest BCUT2D eigenvalue weighted by Crippen LogP contribution is 2.32. The van der Waals surface area contributed by atoms with Crippen LogP contribution in [0.2, 0.25) is 10.0 Å². The van der Waals surface area contributed by atoms with Gasteiger partial charge >= 0.3 is 0 Å². The first-order chi connectivity index (χ1) is 7.66. The van der Waals surface area contributed by atoms with Crippen molar-refractivity contribution >= 4 is 45.8 Å². The highest BCUT2D eigenvalue weighted by atomic mass is 35.5. The third-order valence-corrected chi connectivity index (χ3v) is 3.63. The van der Waals surface area contributed by atoms with Gasteiger partial charge in [-0.15, -0.1) is 0 Å². The molecular weight excluding hydrogens is 270 g/mol. The molecule has 0 saturated carbocycles. The summed E-state index contributed by atoms with van der Waals surface area (Å²) in [7, 11) is 0. The number of nitrogens with zero attached hydrogens (tertiary/aromatic N) is 1. The zero-order valence-corrected chi connectivity index (χ0v) is 10.6. The second-order valence-corrected chi connectivity index (χ2v) is 5.16. The Bertz CT molecular complexity index is 414. The third kappa shape index (κ3) is 2.81. The van der Waals surface area contributed by atoms with E-state index in [4.69, 9.17) is 23.2 Å². The molecule has 6 heteroatoms. The molecular formula is C10H9Cl2FN2S. The zero-order valence-electron chi connectivity index (χ0n) is 8.27. The Morgan fingerprint density at radius 1 is 1.31 bits per heavy atom. The number of thioether (sulfide) groups is 1. The summed E-state index contributed by atoms with van der Waals surface area (Å²) in [6.45, 7) is 0.797. The number of rotatable bonds is 1. The van der Waals surface area contributed by atoms with E-state index in [-0.39, 0.29) is 10.0 Å². The molecule has 0 amide bonds. The van der Waals surface area contributed by atoms with Gasteiger partial charge in [0.1, 0.15) is 5.82 Å². The maximum absolute atomic E-state index is 13.0. The van der Waals surface area contributed by atoms with Crippen LogP contribution in [0, 0.1) is 5.82 Å². The van der Waals surface area contributed by atoms with Crippen molar-refractivity contribution in [1.29, 1.82) is 0 Å². The van der Waals surface area contributed by atoms with Crippen LogP contribution in [-0.2, 0) is 0 Å². The Morgan fingerprint density at radius 2 is 2.00 bits per heavy atom. The minimum Gasteiger partial charge on any atom is -0.333 e. The second kappa shape index (κ2) is 5.25. The van der Waals surface area contributed by atoms with Crippen LogP contribution in [0.25, 0.3) is 0 Å². The second-order valence-electron chi connectivity index (χ2n) is 3.26. The molecule has 0 aliphatic carbocycles. The quantitative estimate of drug-likeness (QED) is 0.839. The molecule has 86 valence electrons. The van der Waals surface area contributed by atoms with Gasteiger partial charge in [-0.25, -0.2) is 4.39 Å². The summed E-state index contributed by atoms with van der Waals surface area (Å²) in [5, 5.41) is 4.33. The lowest BCUT2D eigenvalue weighted by molar-refractivity contribution is 0.628. The van der Waals surface area contributed by atoms with E-state index >= 15 is 0 Å². The molecule has 0 spiro atoms. The van der Waals surface area contributed by atoms with Crippen LogP contribution in [0.1, 0.15) is 6.42 Å². The van der Waals surface area contributed by atoms with Crippen LogP contribution in [0.4, 0.5) is 10.1 Å². The summed E-state index contributed by atoms with van der Waals surface area (Å²) in [5.74, 6) is 0.571. The first-order valence-electron chi connectivity index (χ1n) is 4.75. The Hall–Kier alpha value is -0.450. The monoisotopic (exact) mass is 278 g/mol. The lowest BCUT2D eigenvalue weighted by atomic mass is 10.3. The summed E-state index contributed by atoms with van der Waals surface area (Å²) in [5.41, 5.74) is 0.512. The summed E-state index contributed by atoms with van der Waals surface area (Å²) in [6, 6.07) is 2.45. The maximum Gasteiger partial charge on any atom is 0.161 e. The topological polar surface area (TPSA) is 24.4 Å². The first kappa shape index (κ1) is 12.0. The number of hydrogen-bond donors (Lipinski definition) is 1. The van der Waals surface area contributed by atoms with E-state index in [2.05, 4.69) is 10.3 Å². The molecule has 0 atom stereocenters. The smallest absolute Gasteiger partial charge is 0.161 e. The fraction of sp³-hybridized carbons (Fsp3) is 0.300. The van der Waals surface area contributed by atoms with E-state index in [0.29, 0.717) is 5.69 Å². The standard InChI is InChI=1S/C10H9Cl2FN2S/c11-7-4-6(13)5-8(12)9(7)15-10-14-2-1-3-16-10/h4-5H,1-3H2,(H,14,15). The fourth-order valence-electron chi connectivity index (χ4n) is 1.30. The molecule has 1 aromatic carbocycles. The van der Waals surface area contributed by atoms with Crippen LogP contribution < -0.4 is 5.32 Å². The number of aliphatic imine (C=N–C) groups is 1. The van der Waals surface area contributed by atoms with Gasteiger partial charge < -0.3 is 5.32 Å². The van der Waals surface area contributed by atoms with Gasteiger partial charge in [-0.3, -0.25) is 4.99 Å². The van der Waals surface area contributed by atoms with Gasteiger partial charge in [0, 0.05) is 12.3 Å². The highest BCUT2D eigenvalue weighted by Gasteiger charge is 2.12. The van der Waals surface area contributed by atoms with E-state index in [0.717, 1.165) is 23.9 Å². The van der Waals surface area contributed by atoms with Gasteiger partial charge in [0.25, 0.3) is 0 Å². The number of nitrogens with one attached hydrogen (secondary N) is 1. The Kier molecular flexibility index (Phi) is 3.95. The van der Waals surface area contributed by atoms with E-state index in [1.165, 1.54) is 12.1 Å². The molecule has 1 aliphatic heterocycles. The largest absolute Gasteiger partial charge is 0.333 e. The number of hydrogen-bond acceptors (Lipinski definition) is 3. The summed E-state index contributed by atoms with van der Waals surface area (Å²) < 4.78 is 13.0. The number of benzene rings is 1. The van der Waals surface area contributed by atoms with Gasteiger partial charge in [0.2, 0.25) is 0 Å².